The van der Waals surface area contributed by atoms with Crippen LogP contribution in [0.25, 0.3) is 5.65 Å². The summed E-state index contributed by atoms with van der Waals surface area (Å²) in [7, 11) is 2.07. The van der Waals surface area contributed by atoms with Crippen LogP contribution in [-0.4, -0.2) is 35.1 Å². The van der Waals surface area contributed by atoms with E-state index in [1.165, 1.54) is 24.1 Å². The number of rotatable bonds is 2. The molecule has 0 spiro atoms. The summed E-state index contributed by atoms with van der Waals surface area (Å²) < 4.78 is 4.23. The van der Waals surface area contributed by atoms with Gasteiger partial charge in [0.05, 0.1) is 17.9 Å². The van der Waals surface area contributed by atoms with Gasteiger partial charge in [-0.1, -0.05) is 20.8 Å². The van der Waals surface area contributed by atoms with Crippen LogP contribution in [0.1, 0.15) is 62.4 Å². The molecule has 0 saturated carbocycles. The topological polar surface area (TPSA) is 51.2 Å². The van der Waals surface area contributed by atoms with Crippen molar-refractivity contribution in [3.8, 4) is 0 Å². The van der Waals surface area contributed by atoms with Crippen molar-refractivity contribution in [1.82, 2.24) is 29.0 Å². The average Bonchev–Trinajstić information content (AvgIpc) is 3.26. The molecule has 0 N–H and O–H groups in total. The first-order chi connectivity index (χ1) is 12.4. The van der Waals surface area contributed by atoms with Crippen LogP contribution in [0.3, 0.4) is 0 Å². The molecule has 3 aromatic heterocycles. The minimum Gasteiger partial charge on any atom is -0.337 e. The molecular weight excluding hydrogens is 324 g/mol. The van der Waals surface area contributed by atoms with E-state index < -0.39 is 0 Å². The zero-order chi connectivity index (χ0) is 18.1. The number of aryl methyl sites for hydroxylation is 1. The Kier molecular flexibility index (Phi) is 3.32. The lowest BCUT2D eigenvalue weighted by Gasteiger charge is -2.35. The Labute approximate surface area is 153 Å². The van der Waals surface area contributed by atoms with E-state index in [1.807, 2.05) is 12.4 Å². The molecule has 1 saturated heterocycles. The molecule has 0 unspecified atom stereocenters. The summed E-state index contributed by atoms with van der Waals surface area (Å²) in [5, 5.41) is 4.93. The van der Waals surface area contributed by atoms with Crippen LogP contribution in [0.4, 0.5) is 0 Å². The van der Waals surface area contributed by atoms with Crippen LogP contribution in [-0.2, 0) is 25.4 Å². The third kappa shape index (κ3) is 2.31. The van der Waals surface area contributed by atoms with Crippen molar-refractivity contribution in [2.75, 3.05) is 0 Å². The summed E-state index contributed by atoms with van der Waals surface area (Å²) in [6.45, 7) is 7.53. The zero-order valence-electron chi connectivity index (χ0n) is 16.0. The predicted molar refractivity (Wildman–Crippen MR) is 99.9 cm³/mol. The second kappa shape index (κ2) is 5.39. The number of nitrogens with zero attached hydrogens (tertiary/aromatic N) is 6. The van der Waals surface area contributed by atoms with E-state index in [2.05, 4.69) is 59.0 Å². The van der Waals surface area contributed by atoms with E-state index in [1.54, 1.807) is 0 Å². The average molecular weight is 350 g/mol. The number of hydrogen-bond donors (Lipinski definition) is 0. The molecule has 0 aromatic carbocycles. The number of fused-ring (bicyclic) bond motifs is 6. The second-order valence-electron chi connectivity index (χ2n) is 8.79. The highest BCUT2D eigenvalue weighted by Gasteiger charge is 2.41. The van der Waals surface area contributed by atoms with Gasteiger partial charge in [-0.25, -0.2) is 14.5 Å². The maximum Gasteiger partial charge on any atom is 0.155 e. The lowest BCUT2D eigenvalue weighted by atomic mass is 9.93. The van der Waals surface area contributed by atoms with Gasteiger partial charge in [-0.3, -0.25) is 4.90 Å². The van der Waals surface area contributed by atoms with Crippen molar-refractivity contribution < 1.29 is 0 Å². The standard InChI is InChI=1S/C20H26N6/c1-20(2,3)17-10-18-22-11-14-15-6-5-13(9-16(14)26(18)23-17)25(15)12-19-21-7-8-24(19)4/h7-8,10-11,13,15H,5-6,9,12H2,1-4H3/t13-,15+/m1/s1. The van der Waals surface area contributed by atoms with E-state index in [-0.39, 0.29) is 5.41 Å². The maximum atomic E-state index is 4.93. The summed E-state index contributed by atoms with van der Waals surface area (Å²) in [5.41, 5.74) is 4.84. The van der Waals surface area contributed by atoms with Crippen molar-refractivity contribution in [2.45, 2.75) is 64.1 Å². The molecule has 0 aliphatic carbocycles. The maximum absolute atomic E-state index is 4.93. The molecule has 6 nitrogen and oxygen atoms in total. The van der Waals surface area contributed by atoms with E-state index in [4.69, 9.17) is 10.1 Å². The highest BCUT2D eigenvalue weighted by atomic mass is 15.3. The molecule has 2 bridgehead atoms. The second-order valence-corrected chi connectivity index (χ2v) is 8.79. The third-order valence-corrected chi connectivity index (χ3v) is 6.06. The van der Waals surface area contributed by atoms with Crippen LogP contribution < -0.4 is 0 Å². The van der Waals surface area contributed by atoms with Crippen molar-refractivity contribution >= 4 is 5.65 Å². The molecule has 0 amide bonds. The van der Waals surface area contributed by atoms with E-state index in [9.17, 15) is 0 Å². The smallest absolute Gasteiger partial charge is 0.155 e. The van der Waals surface area contributed by atoms with Crippen LogP contribution in [0.5, 0.6) is 0 Å². The fourth-order valence-corrected chi connectivity index (χ4v) is 4.51. The molecule has 3 aromatic rings. The third-order valence-electron chi connectivity index (χ3n) is 6.06. The zero-order valence-corrected chi connectivity index (χ0v) is 16.0. The van der Waals surface area contributed by atoms with Gasteiger partial charge in [-0.15, -0.1) is 0 Å². The SMILES string of the molecule is Cn1ccnc1CN1[C@@H]2CC[C@H]1c1cnc3cc(C(C)(C)C)nn3c1C2. The highest BCUT2D eigenvalue weighted by molar-refractivity contribution is 5.45. The van der Waals surface area contributed by atoms with Crippen LogP contribution >= 0.6 is 0 Å². The van der Waals surface area contributed by atoms with Crippen molar-refractivity contribution in [1.29, 1.82) is 0 Å². The van der Waals surface area contributed by atoms with E-state index in [0.717, 1.165) is 30.1 Å². The summed E-state index contributed by atoms with van der Waals surface area (Å²) in [4.78, 5) is 11.9. The lowest BCUT2D eigenvalue weighted by Crippen LogP contribution is -2.38. The van der Waals surface area contributed by atoms with Gasteiger partial charge in [0, 0.05) is 61.2 Å². The number of aromatic nitrogens is 5. The summed E-state index contributed by atoms with van der Waals surface area (Å²) in [6.07, 6.45) is 9.48. The van der Waals surface area contributed by atoms with Gasteiger partial charge in [0.25, 0.3) is 0 Å². The predicted octanol–water partition coefficient (Wildman–Crippen LogP) is 3.02. The first kappa shape index (κ1) is 16.0. The summed E-state index contributed by atoms with van der Waals surface area (Å²) >= 11 is 0. The van der Waals surface area contributed by atoms with E-state index >= 15 is 0 Å². The minimum absolute atomic E-state index is 0.0401. The van der Waals surface area contributed by atoms with E-state index in [0.29, 0.717) is 12.1 Å². The lowest BCUT2D eigenvalue weighted by molar-refractivity contribution is 0.159. The quantitative estimate of drug-likeness (QED) is 0.713. The Morgan fingerprint density at radius 3 is 2.77 bits per heavy atom. The Bertz CT molecular complexity index is 976. The summed E-state index contributed by atoms with van der Waals surface area (Å²) in [5.74, 6) is 1.13. The van der Waals surface area contributed by atoms with Gasteiger partial charge in [0.2, 0.25) is 0 Å². The molecule has 1 fully saturated rings. The molecule has 5 heterocycles. The normalized spacial score (nSPS) is 22.9. The van der Waals surface area contributed by atoms with Crippen LogP contribution in [0, 0.1) is 0 Å². The van der Waals surface area contributed by atoms with Crippen LogP contribution in [0.15, 0.2) is 24.7 Å². The Morgan fingerprint density at radius 2 is 2.04 bits per heavy atom. The van der Waals surface area contributed by atoms with Crippen molar-refractivity contribution in [2.24, 2.45) is 7.05 Å². The molecule has 2 aliphatic heterocycles. The van der Waals surface area contributed by atoms with Crippen molar-refractivity contribution in [3.63, 3.8) is 0 Å². The molecule has 0 radical (unpaired) electrons. The van der Waals surface area contributed by atoms with Crippen molar-refractivity contribution in [3.05, 3.63) is 47.4 Å². The molecule has 5 rings (SSSR count). The van der Waals surface area contributed by atoms with Gasteiger partial charge in [-0.2, -0.15) is 5.10 Å². The summed E-state index contributed by atoms with van der Waals surface area (Å²) in [6, 6.07) is 3.14. The number of hydrogen-bond acceptors (Lipinski definition) is 4. The van der Waals surface area contributed by atoms with Crippen LogP contribution in [0.2, 0.25) is 0 Å². The highest BCUT2D eigenvalue weighted by Crippen LogP contribution is 2.44. The fraction of sp³-hybridized carbons (Fsp3) is 0.550. The molecule has 6 heteroatoms. The Morgan fingerprint density at radius 1 is 1.19 bits per heavy atom. The van der Waals surface area contributed by atoms with Gasteiger partial charge >= 0.3 is 0 Å². The molecule has 2 atom stereocenters. The fourth-order valence-electron chi connectivity index (χ4n) is 4.51. The Hall–Kier alpha value is -2.21. The number of imidazole rings is 1. The largest absolute Gasteiger partial charge is 0.337 e. The van der Waals surface area contributed by atoms with Gasteiger partial charge in [0.15, 0.2) is 5.65 Å². The molecular formula is C20H26N6. The van der Waals surface area contributed by atoms with Gasteiger partial charge in [-0.05, 0) is 12.8 Å². The first-order valence-corrected chi connectivity index (χ1v) is 9.52. The molecule has 2 aliphatic rings. The van der Waals surface area contributed by atoms with Gasteiger partial charge in [0.1, 0.15) is 5.82 Å². The van der Waals surface area contributed by atoms with Gasteiger partial charge < -0.3 is 4.57 Å². The Balaban J connectivity index is 1.56. The molecule has 136 valence electrons. The minimum atomic E-state index is 0.0401. The first-order valence-electron chi connectivity index (χ1n) is 9.52. The monoisotopic (exact) mass is 350 g/mol. The molecule has 26 heavy (non-hydrogen) atoms.